The van der Waals surface area contributed by atoms with Crippen LogP contribution in [0.15, 0.2) is 30.5 Å². The Kier molecular flexibility index (Phi) is 3.94. The van der Waals surface area contributed by atoms with Crippen LogP contribution in [0, 0.1) is 12.8 Å². The van der Waals surface area contributed by atoms with E-state index in [2.05, 4.69) is 15.7 Å². The van der Waals surface area contributed by atoms with E-state index in [9.17, 15) is 4.79 Å². The molecule has 2 heterocycles. The Balaban J connectivity index is 1.74. The molecule has 1 aromatic carbocycles. The van der Waals surface area contributed by atoms with Crippen LogP contribution in [0.25, 0.3) is 5.69 Å². The summed E-state index contributed by atoms with van der Waals surface area (Å²) in [4.78, 5) is 12.2. The van der Waals surface area contributed by atoms with Crippen LogP contribution in [-0.2, 0) is 0 Å². The molecule has 0 spiro atoms. The van der Waals surface area contributed by atoms with Crippen LogP contribution < -0.4 is 10.6 Å². The van der Waals surface area contributed by atoms with Gasteiger partial charge in [0.25, 0.3) is 5.91 Å². The minimum atomic E-state index is -0.0698. The van der Waals surface area contributed by atoms with Crippen molar-refractivity contribution in [3.05, 3.63) is 46.7 Å². The Bertz CT molecular complexity index is 646. The van der Waals surface area contributed by atoms with E-state index in [4.69, 9.17) is 11.6 Å². The topological polar surface area (TPSA) is 59.0 Å². The number of nitrogens with zero attached hydrogens (tertiary/aromatic N) is 2. The molecule has 0 saturated carbocycles. The van der Waals surface area contributed by atoms with Gasteiger partial charge in [-0.2, -0.15) is 5.10 Å². The van der Waals surface area contributed by atoms with Gasteiger partial charge < -0.3 is 10.6 Å². The number of amides is 1. The first-order chi connectivity index (χ1) is 10.1. The number of halogens is 1. The second-order valence-electron chi connectivity index (χ2n) is 5.27. The predicted octanol–water partition coefficient (Wildman–Crippen LogP) is 1.78. The van der Waals surface area contributed by atoms with Crippen LogP contribution in [0.5, 0.6) is 0 Å². The lowest BCUT2D eigenvalue weighted by Gasteiger charge is -2.27. The molecular formula is C15H17ClN4O. The van der Waals surface area contributed by atoms with Gasteiger partial charge in [-0.25, -0.2) is 4.68 Å². The Hall–Kier alpha value is -1.85. The second-order valence-corrected chi connectivity index (χ2v) is 5.70. The fourth-order valence-corrected chi connectivity index (χ4v) is 2.43. The first-order valence-electron chi connectivity index (χ1n) is 6.94. The molecule has 1 aliphatic heterocycles. The average Bonchev–Trinajstić information content (AvgIpc) is 2.80. The van der Waals surface area contributed by atoms with Gasteiger partial charge in [-0.15, -0.1) is 0 Å². The summed E-state index contributed by atoms with van der Waals surface area (Å²) in [5, 5.41) is 11.1. The van der Waals surface area contributed by atoms with Crippen molar-refractivity contribution in [2.75, 3.05) is 19.6 Å². The molecule has 2 aromatic rings. The van der Waals surface area contributed by atoms with Crippen molar-refractivity contribution in [3.63, 3.8) is 0 Å². The monoisotopic (exact) mass is 304 g/mol. The number of hydrogen-bond acceptors (Lipinski definition) is 3. The summed E-state index contributed by atoms with van der Waals surface area (Å²) in [6.45, 7) is 4.55. The van der Waals surface area contributed by atoms with E-state index >= 15 is 0 Å². The molecule has 1 fully saturated rings. The van der Waals surface area contributed by atoms with Gasteiger partial charge in [0.15, 0.2) is 0 Å². The molecule has 0 bridgehead atoms. The third-order valence-corrected chi connectivity index (χ3v) is 3.99. The van der Waals surface area contributed by atoms with Gasteiger partial charge in [-0.1, -0.05) is 11.6 Å². The summed E-state index contributed by atoms with van der Waals surface area (Å²) in [6.07, 6.45) is 1.61. The molecule has 3 rings (SSSR count). The predicted molar refractivity (Wildman–Crippen MR) is 82.0 cm³/mol. The van der Waals surface area contributed by atoms with E-state index in [0.717, 1.165) is 24.5 Å². The van der Waals surface area contributed by atoms with Gasteiger partial charge in [-0.05, 0) is 31.2 Å². The molecule has 0 aliphatic carbocycles. The quantitative estimate of drug-likeness (QED) is 0.905. The van der Waals surface area contributed by atoms with Crippen molar-refractivity contribution in [1.82, 2.24) is 20.4 Å². The molecule has 110 valence electrons. The van der Waals surface area contributed by atoms with Gasteiger partial charge >= 0.3 is 0 Å². The highest BCUT2D eigenvalue weighted by atomic mass is 35.5. The molecule has 0 unspecified atom stereocenters. The van der Waals surface area contributed by atoms with E-state index in [-0.39, 0.29) is 5.91 Å². The van der Waals surface area contributed by atoms with Crippen molar-refractivity contribution in [1.29, 1.82) is 0 Å². The first-order valence-corrected chi connectivity index (χ1v) is 7.32. The number of benzene rings is 1. The zero-order chi connectivity index (χ0) is 14.8. The Morgan fingerprint density at radius 2 is 2.14 bits per heavy atom. The zero-order valence-corrected chi connectivity index (χ0v) is 12.5. The number of carbonyl (C=O) groups excluding carboxylic acids is 1. The lowest BCUT2D eigenvalue weighted by atomic mass is 10.0. The largest absolute Gasteiger partial charge is 0.352 e. The molecule has 1 aliphatic rings. The summed E-state index contributed by atoms with van der Waals surface area (Å²) < 4.78 is 1.75. The zero-order valence-electron chi connectivity index (χ0n) is 11.8. The number of aromatic nitrogens is 2. The van der Waals surface area contributed by atoms with Gasteiger partial charge in [0.05, 0.1) is 23.1 Å². The fourth-order valence-electron chi connectivity index (χ4n) is 2.30. The van der Waals surface area contributed by atoms with Crippen LogP contribution in [-0.4, -0.2) is 35.3 Å². The summed E-state index contributed by atoms with van der Waals surface area (Å²) >= 11 is 5.89. The first kappa shape index (κ1) is 14.1. The molecule has 21 heavy (non-hydrogen) atoms. The summed E-state index contributed by atoms with van der Waals surface area (Å²) in [6, 6.07) is 7.37. The van der Waals surface area contributed by atoms with Gasteiger partial charge in [0.1, 0.15) is 0 Å². The summed E-state index contributed by atoms with van der Waals surface area (Å²) in [5.74, 6) is 0.472. The highest BCUT2D eigenvalue weighted by Crippen LogP contribution is 2.17. The molecule has 6 heteroatoms. The molecule has 1 amide bonds. The molecule has 1 aromatic heterocycles. The van der Waals surface area contributed by atoms with Crippen molar-refractivity contribution in [2.45, 2.75) is 6.92 Å². The number of rotatable bonds is 4. The van der Waals surface area contributed by atoms with Gasteiger partial charge in [-0.3, -0.25) is 4.79 Å². The highest BCUT2D eigenvalue weighted by molar-refractivity contribution is 6.30. The Morgan fingerprint density at radius 1 is 1.43 bits per heavy atom. The third-order valence-electron chi connectivity index (χ3n) is 3.74. The smallest absolute Gasteiger partial charge is 0.254 e. The van der Waals surface area contributed by atoms with Gasteiger partial charge in [0, 0.05) is 30.6 Å². The molecule has 0 radical (unpaired) electrons. The summed E-state index contributed by atoms with van der Waals surface area (Å²) in [7, 11) is 0. The molecular weight excluding hydrogens is 288 g/mol. The normalized spacial score (nSPS) is 14.8. The lowest BCUT2D eigenvalue weighted by Crippen LogP contribution is -2.48. The summed E-state index contributed by atoms with van der Waals surface area (Å²) in [5.41, 5.74) is 2.32. The van der Waals surface area contributed by atoms with Crippen molar-refractivity contribution < 1.29 is 4.79 Å². The SMILES string of the molecule is Cc1c(C(=O)NCC2CNC2)cnn1-c1ccc(Cl)cc1. The van der Waals surface area contributed by atoms with Crippen LogP contribution in [0.2, 0.25) is 5.02 Å². The molecule has 0 atom stereocenters. The van der Waals surface area contributed by atoms with Crippen molar-refractivity contribution in [3.8, 4) is 5.69 Å². The third kappa shape index (κ3) is 2.94. The van der Waals surface area contributed by atoms with Crippen LogP contribution >= 0.6 is 11.6 Å². The number of carbonyl (C=O) groups is 1. The molecule has 5 nitrogen and oxygen atoms in total. The maximum atomic E-state index is 12.2. The van der Waals surface area contributed by atoms with E-state index in [1.165, 1.54) is 0 Å². The maximum Gasteiger partial charge on any atom is 0.254 e. The van der Waals surface area contributed by atoms with Crippen LogP contribution in [0.1, 0.15) is 16.1 Å². The van der Waals surface area contributed by atoms with E-state index in [1.54, 1.807) is 23.0 Å². The van der Waals surface area contributed by atoms with E-state index in [1.807, 2.05) is 19.1 Å². The Labute approximate surface area is 128 Å². The van der Waals surface area contributed by atoms with Crippen LogP contribution in [0.3, 0.4) is 0 Å². The van der Waals surface area contributed by atoms with Crippen LogP contribution in [0.4, 0.5) is 0 Å². The minimum absolute atomic E-state index is 0.0698. The minimum Gasteiger partial charge on any atom is -0.352 e. The second kappa shape index (κ2) is 5.87. The van der Waals surface area contributed by atoms with E-state index < -0.39 is 0 Å². The Morgan fingerprint density at radius 3 is 2.76 bits per heavy atom. The number of nitrogens with one attached hydrogen (secondary N) is 2. The lowest BCUT2D eigenvalue weighted by molar-refractivity contribution is 0.0941. The average molecular weight is 305 g/mol. The van der Waals surface area contributed by atoms with Crippen molar-refractivity contribution >= 4 is 17.5 Å². The fraction of sp³-hybridized carbons (Fsp3) is 0.333. The molecule has 1 saturated heterocycles. The standard InChI is InChI=1S/C15H17ClN4O/c1-10-14(15(21)18-8-11-6-17-7-11)9-19-20(10)13-4-2-12(16)3-5-13/h2-5,9,11,17H,6-8H2,1H3,(H,18,21). The maximum absolute atomic E-state index is 12.2. The van der Waals surface area contributed by atoms with Gasteiger partial charge in [0.2, 0.25) is 0 Å². The highest BCUT2D eigenvalue weighted by Gasteiger charge is 2.19. The molecule has 2 N–H and O–H groups in total. The van der Waals surface area contributed by atoms with E-state index in [0.29, 0.717) is 23.0 Å². The number of hydrogen-bond donors (Lipinski definition) is 2. The van der Waals surface area contributed by atoms with Crippen molar-refractivity contribution in [2.24, 2.45) is 5.92 Å².